The lowest BCUT2D eigenvalue weighted by atomic mass is 10.2. The fourth-order valence-corrected chi connectivity index (χ4v) is 5.60. The van der Waals surface area contributed by atoms with Gasteiger partial charge in [-0.15, -0.1) is 0 Å². The molecule has 4 aromatic carbocycles. The van der Waals surface area contributed by atoms with Crippen LogP contribution < -0.4 is 14.8 Å². The molecule has 0 unspecified atom stereocenters. The first-order chi connectivity index (χ1) is 17.5. The number of carbonyl (C=O) groups excluding carboxylic acids is 1. The standard InChI is InChI=1S/C27H25N3O5S2/c1-19-9-13-25(14-10-19)36(32,33)30-24-8-4-6-21(18-24)27(31)28-22-11-15-26(16-12-22)37(34,35)29-23-7-3-5-20(2)17-23/h3-18,29-30H,1-2H3,(H,28,31). The minimum atomic E-state index is -3.82. The number of anilines is 3. The first kappa shape index (κ1) is 25.9. The van der Waals surface area contributed by atoms with Crippen LogP contribution in [0, 0.1) is 13.8 Å². The summed E-state index contributed by atoms with van der Waals surface area (Å²) >= 11 is 0. The lowest BCUT2D eigenvalue weighted by molar-refractivity contribution is 0.102. The monoisotopic (exact) mass is 535 g/mol. The molecule has 10 heteroatoms. The summed E-state index contributed by atoms with van der Waals surface area (Å²) in [5.41, 5.74) is 3.15. The van der Waals surface area contributed by atoms with Gasteiger partial charge in [-0.2, -0.15) is 0 Å². The smallest absolute Gasteiger partial charge is 0.261 e. The van der Waals surface area contributed by atoms with Crippen molar-refractivity contribution in [3.05, 3.63) is 114 Å². The van der Waals surface area contributed by atoms with Gasteiger partial charge in [0.25, 0.3) is 26.0 Å². The molecule has 0 aliphatic rings. The number of hydrogen-bond acceptors (Lipinski definition) is 5. The molecule has 0 fully saturated rings. The number of aryl methyl sites for hydroxylation is 2. The van der Waals surface area contributed by atoms with Crippen LogP contribution in [0.15, 0.2) is 107 Å². The summed E-state index contributed by atoms with van der Waals surface area (Å²) in [5.74, 6) is -0.482. The number of benzene rings is 4. The molecule has 0 atom stereocenters. The van der Waals surface area contributed by atoms with E-state index in [1.54, 1.807) is 48.5 Å². The van der Waals surface area contributed by atoms with Crippen LogP contribution in [0.5, 0.6) is 0 Å². The van der Waals surface area contributed by atoms with Crippen molar-refractivity contribution in [3.8, 4) is 0 Å². The SMILES string of the molecule is Cc1ccc(S(=O)(=O)Nc2cccc(C(=O)Nc3ccc(S(=O)(=O)Nc4cccc(C)c4)cc3)c2)cc1. The Morgan fingerprint density at radius 3 is 1.65 bits per heavy atom. The highest BCUT2D eigenvalue weighted by Gasteiger charge is 2.17. The first-order valence-electron chi connectivity index (χ1n) is 11.2. The summed E-state index contributed by atoms with van der Waals surface area (Å²) in [6.07, 6.45) is 0. The van der Waals surface area contributed by atoms with E-state index < -0.39 is 26.0 Å². The Labute approximate surface area is 216 Å². The first-order valence-corrected chi connectivity index (χ1v) is 14.2. The van der Waals surface area contributed by atoms with E-state index in [1.165, 1.54) is 42.5 Å². The normalized spacial score (nSPS) is 11.5. The van der Waals surface area contributed by atoms with Gasteiger partial charge in [0.05, 0.1) is 9.79 Å². The van der Waals surface area contributed by atoms with Gasteiger partial charge in [0.15, 0.2) is 0 Å². The second kappa shape index (κ2) is 10.5. The van der Waals surface area contributed by atoms with Crippen LogP contribution in [0.1, 0.15) is 21.5 Å². The molecule has 0 bridgehead atoms. The van der Waals surface area contributed by atoms with Crippen LogP contribution in [-0.2, 0) is 20.0 Å². The van der Waals surface area contributed by atoms with Crippen molar-refractivity contribution in [2.45, 2.75) is 23.6 Å². The van der Waals surface area contributed by atoms with Crippen molar-refractivity contribution in [2.24, 2.45) is 0 Å². The Hall–Kier alpha value is -4.15. The second-order valence-corrected chi connectivity index (χ2v) is 11.8. The molecule has 0 aromatic heterocycles. The predicted molar refractivity (Wildman–Crippen MR) is 145 cm³/mol. The number of rotatable bonds is 8. The minimum absolute atomic E-state index is 0.0412. The average molecular weight is 536 g/mol. The zero-order valence-corrected chi connectivity index (χ0v) is 21.7. The molecule has 0 radical (unpaired) electrons. The Morgan fingerprint density at radius 2 is 1.08 bits per heavy atom. The molecule has 3 N–H and O–H groups in total. The van der Waals surface area contributed by atoms with E-state index in [4.69, 9.17) is 0 Å². The third kappa shape index (κ3) is 6.54. The molecule has 0 aliphatic heterocycles. The third-order valence-electron chi connectivity index (χ3n) is 5.40. The molecule has 4 rings (SSSR count). The molecule has 0 aliphatic carbocycles. The van der Waals surface area contributed by atoms with E-state index in [9.17, 15) is 21.6 Å². The van der Waals surface area contributed by atoms with Gasteiger partial charge in [-0.25, -0.2) is 16.8 Å². The molecule has 37 heavy (non-hydrogen) atoms. The largest absolute Gasteiger partial charge is 0.322 e. The zero-order chi connectivity index (χ0) is 26.6. The van der Waals surface area contributed by atoms with Gasteiger partial charge >= 0.3 is 0 Å². The van der Waals surface area contributed by atoms with Gasteiger partial charge in [-0.1, -0.05) is 35.9 Å². The van der Waals surface area contributed by atoms with Crippen LogP contribution in [0.25, 0.3) is 0 Å². The summed E-state index contributed by atoms with van der Waals surface area (Å²) in [4.78, 5) is 12.9. The van der Waals surface area contributed by atoms with Gasteiger partial charge in [-0.05, 0) is 86.1 Å². The molecule has 4 aromatic rings. The third-order valence-corrected chi connectivity index (χ3v) is 8.20. The van der Waals surface area contributed by atoms with E-state index in [2.05, 4.69) is 14.8 Å². The lowest BCUT2D eigenvalue weighted by Crippen LogP contribution is -2.15. The van der Waals surface area contributed by atoms with Crippen molar-refractivity contribution in [1.82, 2.24) is 0 Å². The number of amides is 1. The average Bonchev–Trinajstić information content (AvgIpc) is 2.84. The number of nitrogens with one attached hydrogen (secondary N) is 3. The lowest BCUT2D eigenvalue weighted by Gasteiger charge is -2.11. The number of carbonyl (C=O) groups is 1. The van der Waals surface area contributed by atoms with Crippen LogP contribution >= 0.6 is 0 Å². The summed E-state index contributed by atoms with van der Waals surface area (Å²) < 4.78 is 55.7. The van der Waals surface area contributed by atoms with Crippen molar-refractivity contribution in [1.29, 1.82) is 0 Å². The van der Waals surface area contributed by atoms with E-state index >= 15 is 0 Å². The maximum atomic E-state index is 12.8. The molecule has 8 nitrogen and oxygen atoms in total. The van der Waals surface area contributed by atoms with Crippen molar-refractivity contribution < 1.29 is 21.6 Å². The fourth-order valence-electron chi connectivity index (χ4n) is 3.50. The number of hydrogen-bond donors (Lipinski definition) is 3. The zero-order valence-electron chi connectivity index (χ0n) is 20.1. The summed E-state index contributed by atoms with van der Waals surface area (Å²) in [6, 6.07) is 25.2. The summed E-state index contributed by atoms with van der Waals surface area (Å²) in [5, 5.41) is 2.69. The Kier molecular flexibility index (Phi) is 7.33. The molecule has 0 saturated carbocycles. The topological polar surface area (TPSA) is 121 Å². The summed E-state index contributed by atoms with van der Waals surface area (Å²) in [7, 11) is -7.62. The van der Waals surface area contributed by atoms with E-state index in [0.717, 1.165) is 11.1 Å². The van der Waals surface area contributed by atoms with Crippen LogP contribution in [0.3, 0.4) is 0 Å². The highest BCUT2D eigenvalue weighted by atomic mass is 32.2. The van der Waals surface area contributed by atoms with Crippen LogP contribution in [0.4, 0.5) is 17.1 Å². The highest BCUT2D eigenvalue weighted by molar-refractivity contribution is 7.93. The molecule has 190 valence electrons. The molecule has 0 spiro atoms. The maximum absolute atomic E-state index is 12.8. The molecule has 1 amide bonds. The Bertz CT molecular complexity index is 1650. The maximum Gasteiger partial charge on any atom is 0.261 e. The van der Waals surface area contributed by atoms with Crippen molar-refractivity contribution >= 4 is 43.0 Å². The van der Waals surface area contributed by atoms with E-state index in [-0.39, 0.29) is 21.0 Å². The van der Waals surface area contributed by atoms with Gasteiger partial charge in [0.1, 0.15) is 0 Å². The highest BCUT2D eigenvalue weighted by Crippen LogP contribution is 2.21. The van der Waals surface area contributed by atoms with Gasteiger partial charge in [0.2, 0.25) is 0 Å². The van der Waals surface area contributed by atoms with Gasteiger partial charge in [-0.3, -0.25) is 14.2 Å². The Balaban J connectivity index is 1.44. The molecule has 0 heterocycles. The minimum Gasteiger partial charge on any atom is -0.322 e. The van der Waals surface area contributed by atoms with Crippen LogP contribution in [-0.4, -0.2) is 22.7 Å². The fraction of sp³-hybridized carbons (Fsp3) is 0.0741. The van der Waals surface area contributed by atoms with Gasteiger partial charge < -0.3 is 5.32 Å². The molecular weight excluding hydrogens is 510 g/mol. The molecule has 0 saturated heterocycles. The van der Waals surface area contributed by atoms with E-state index in [0.29, 0.717) is 11.4 Å². The summed E-state index contributed by atoms with van der Waals surface area (Å²) in [6.45, 7) is 3.73. The Morgan fingerprint density at radius 1 is 0.568 bits per heavy atom. The van der Waals surface area contributed by atoms with Crippen LogP contribution in [0.2, 0.25) is 0 Å². The predicted octanol–water partition coefficient (Wildman–Crippen LogP) is 5.16. The van der Waals surface area contributed by atoms with Crippen molar-refractivity contribution in [2.75, 3.05) is 14.8 Å². The van der Waals surface area contributed by atoms with Gasteiger partial charge in [0, 0.05) is 22.6 Å². The molecular formula is C27H25N3O5S2. The van der Waals surface area contributed by atoms with Crippen molar-refractivity contribution in [3.63, 3.8) is 0 Å². The second-order valence-electron chi connectivity index (χ2n) is 8.45. The quantitative estimate of drug-likeness (QED) is 0.288. The number of sulfonamides is 2. The van der Waals surface area contributed by atoms with E-state index in [1.807, 2.05) is 19.9 Å².